The van der Waals surface area contributed by atoms with Crippen LogP contribution >= 0.6 is 23.8 Å². The molecule has 154 valence electrons. The van der Waals surface area contributed by atoms with Crippen LogP contribution in [-0.4, -0.2) is 32.8 Å². The van der Waals surface area contributed by atoms with Gasteiger partial charge in [-0.3, -0.25) is 0 Å². The average molecular weight is 423 g/mol. The van der Waals surface area contributed by atoms with Crippen molar-refractivity contribution in [2.45, 2.75) is 66.0 Å². The van der Waals surface area contributed by atoms with Crippen LogP contribution in [0.15, 0.2) is 28.7 Å². The van der Waals surface area contributed by atoms with Crippen molar-refractivity contribution < 1.29 is 4.42 Å². The predicted molar refractivity (Wildman–Crippen MR) is 119 cm³/mol. The SMILES string of the molecule is CCCC[C@H](CC)CNC(=S)N(Cc1nnc(-c2ccc(Cl)cc2)o1)C(C)C. The Morgan fingerprint density at radius 3 is 2.54 bits per heavy atom. The van der Waals surface area contributed by atoms with Crippen LogP contribution in [0, 0.1) is 5.92 Å². The van der Waals surface area contributed by atoms with Crippen LogP contribution in [0.1, 0.15) is 59.3 Å². The first-order chi connectivity index (χ1) is 13.4. The summed E-state index contributed by atoms with van der Waals surface area (Å²) in [6.07, 6.45) is 4.88. The molecular weight excluding hydrogens is 392 g/mol. The highest BCUT2D eigenvalue weighted by Gasteiger charge is 2.19. The zero-order valence-electron chi connectivity index (χ0n) is 17.2. The summed E-state index contributed by atoms with van der Waals surface area (Å²) in [5.74, 6) is 1.67. The van der Waals surface area contributed by atoms with E-state index in [1.54, 1.807) is 0 Å². The third-order valence-electron chi connectivity index (χ3n) is 4.83. The molecule has 1 heterocycles. The maximum Gasteiger partial charge on any atom is 0.247 e. The fraction of sp³-hybridized carbons (Fsp3) is 0.571. The van der Waals surface area contributed by atoms with Crippen molar-refractivity contribution in [3.8, 4) is 11.5 Å². The molecule has 2 aromatic rings. The highest BCUT2D eigenvalue weighted by molar-refractivity contribution is 7.80. The van der Waals surface area contributed by atoms with E-state index in [1.165, 1.54) is 19.3 Å². The topological polar surface area (TPSA) is 54.2 Å². The Bertz CT molecular complexity index is 732. The molecule has 0 aliphatic heterocycles. The van der Waals surface area contributed by atoms with Gasteiger partial charge in [0.2, 0.25) is 11.8 Å². The van der Waals surface area contributed by atoms with Gasteiger partial charge in [0, 0.05) is 23.2 Å². The van der Waals surface area contributed by atoms with Gasteiger partial charge in [-0.1, -0.05) is 44.7 Å². The van der Waals surface area contributed by atoms with Gasteiger partial charge in [0.1, 0.15) is 0 Å². The van der Waals surface area contributed by atoms with Crippen LogP contribution < -0.4 is 5.32 Å². The standard InChI is InChI=1S/C21H31ClN4OS/c1-5-7-8-16(6-2)13-23-21(28)26(15(3)4)14-19-24-25-20(27-19)17-9-11-18(22)12-10-17/h9-12,15-16H,5-8,13-14H2,1-4H3,(H,23,28)/t16-/m0/s1. The fourth-order valence-corrected chi connectivity index (χ4v) is 3.42. The number of hydrogen-bond acceptors (Lipinski definition) is 4. The predicted octanol–water partition coefficient (Wildman–Crippen LogP) is 5.69. The largest absolute Gasteiger partial charge is 0.419 e. The molecule has 0 saturated heterocycles. The highest BCUT2D eigenvalue weighted by atomic mass is 35.5. The maximum absolute atomic E-state index is 5.94. The van der Waals surface area contributed by atoms with Gasteiger partial charge in [-0.05, 0) is 62.7 Å². The molecule has 28 heavy (non-hydrogen) atoms. The Hall–Kier alpha value is -1.66. The van der Waals surface area contributed by atoms with Crippen molar-refractivity contribution in [3.05, 3.63) is 35.2 Å². The van der Waals surface area contributed by atoms with E-state index in [0.717, 1.165) is 23.6 Å². The van der Waals surface area contributed by atoms with E-state index in [-0.39, 0.29) is 6.04 Å². The minimum absolute atomic E-state index is 0.224. The Morgan fingerprint density at radius 1 is 1.21 bits per heavy atom. The Labute approximate surface area is 178 Å². The minimum atomic E-state index is 0.224. The summed E-state index contributed by atoms with van der Waals surface area (Å²) in [6.45, 7) is 10.1. The first-order valence-corrected chi connectivity index (χ1v) is 10.9. The van der Waals surface area contributed by atoms with Crippen molar-refractivity contribution in [2.24, 2.45) is 5.92 Å². The molecule has 0 spiro atoms. The molecule has 0 radical (unpaired) electrons. The van der Waals surface area contributed by atoms with Gasteiger partial charge in [0.05, 0.1) is 6.54 Å². The third-order valence-corrected chi connectivity index (χ3v) is 5.46. The molecule has 5 nitrogen and oxygen atoms in total. The lowest BCUT2D eigenvalue weighted by Gasteiger charge is -2.29. The monoisotopic (exact) mass is 422 g/mol. The summed E-state index contributed by atoms with van der Waals surface area (Å²) in [5.41, 5.74) is 0.849. The number of nitrogens with one attached hydrogen (secondary N) is 1. The molecular formula is C21H31ClN4OS. The van der Waals surface area contributed by atoms with Gasteiger partial charge in [0.25, 0.3) is 0 Å². The summed E-state index contributed by atoms with van der Waals surface area (Å²) in [4.78, 5) is 2.08. The molecule has 0 amide bonds. The second-order valence-corrected chi connectivity index (χ2v) is 8.16. The van der Waals surface area contributed by atoms with E-state index in [9.17, 15) is 0 Å². The number of benzene rings is 1. The summed E-state index contributed by atoms with van der Waals surface area (Å²) in [6, 6.07) is 7.58. The van der Waals surface area contributed by atoms with E-state index in [0.29, 0.717) is 29.3 Å². The van der Waals surface area contributed by atoms with Crippen molar-refractivity contribution in [1.82, 2.24) is 20.4 Å². The van der Waals surface area contributed by atoms with Crippen LogP contribution in [0.25, 0.3) is 11.5 Å². The van der Waals surface area contributed by atoms with Gasteiger partial charge < -0.3 is 14.6 Å². The Morgan fingerprint density at radius 2 is 1.93 bits per heavy atom. The summed E-state index contributed by atoms with van der Waals surface area (Å²) < 4.78 is 5.85. The van der Waals surface area contributed by atoms with Crippen molar-refractivity contribution in [2.75, 3.05) is 6.54 Å². The zero-order valence-corrected chi connectivity index (χ0v) is 18.8. The first-order valence-electron chi connectivity index (χ1n) is 10.1. The van der Waals surface area contributed by atoms with Crippen LogP contribution in [0.3, 0.4) is 0 Å². The molecule has 1 aromatic heterocycles. The van der Waals surface area contributed by atoms with E-state index in [2.05, 4.69) is 48.1 Å². The molecule has 0 fully saturated rings. The number of aromatic nitrogens is 2. The number of halogens is 1. The van der Waals surface area contributed by atoms with Crippen LogP contribution in [0.4, 0.5) is 0 Å². The van der Waals surface area contributed by atoms with Crippen LogP contribution in [0.2, 0.25) is 5.02 Å². The number of hydrogen-bond donors (Lipinski definition) is 1. The lowest BCUT2D eigenvalue weighted by Crippen LogP contribution is -2.44. The molecule has 0 aliphatic rings. The van der Waals surface area contributed by atoms with Crippen molar-refractivity contribution in [3.63, 3.8) is 0 Å². The lowest BCUT2D eigenvalue weighted by molar-refractivity contribution is 0.298. The molecule has 1 N–H and O–H groups in total. The number of thiocarbonyl (C=S) groups is 1. The minimum Gasteiger partial charge on any atom is -0.419 e. The lowest BCUT2D eigenvalue weighted by atomic mass is 9.99. The van der Waals surface area contributed by atoms with Gasteiger partial charge in [-0.25, -0.2) is 0 Å². The fourth-order valence-electron chi connectivity index (χ4n) is 2.94. The Balaban J connectivity index is 1.98. The van der Waals surface area contributed by atoms with E-state index in [1.807, 2.05) is 24.3 Å². The molecule has 0 saturated carbocycles. The van der Waals surface area contributed by atoms with Gasteiger partial charge >= 0.3 is 0 Å². The molecule has 7 heteroatoms. The normalized spacial score (nSPS) is 12.2. The van der Waals surface area contributed by atoms with Crippen molar-refractivity contribution >= 4 is 28.9 Å². The van der Waals surface area contributed by atoms with Gasteiger partial charge in [-0.2, -0.15) is 0 Å². The van der Waals surface area contributed by atoms with E-state index >= 15 is 0 Å². The second kappa shape index (κ2) is 11.4. The van der Waals surface area contributed by atoms with Crippen LogP contribution in [-0.2, 0) is 6.54 Å². The van der Waals surface area contributed by atoms with Crippen molar-refractivity contribution in [1.29, 1.82) is 0 Å². The first kappa shape index (κ1) is 22.6. The molecule has 1 aromatic carbocycles. The quantitative estimate of drug-likeness (QED) is 0.496. The third kappa shape index (κ3) is 6.74. The second-order valence-electron chi connectivity index (χ2n) is 7.33. The molecule has 0 unspecified atom stereocenters. The molecule has 0 aliphatic carbocycles. The summed E-state index contributed by atoms with van der Waals surface area (Å²) >= 11 is 11.6. The molecule has 1 atom stereocenters. The highest BCUT2D eigenvalue weighted by Crippen LogP contribution is 2.21. The number of unbranched alkanes of at least 4 members (excludes halogenated alkanes) is 1. The van der Waals surface area contributed by atoms with Crippen LogP contribution in [0.5, 0.6) is 0 Å². The summed E-state index contributed by atoms with van der Waals surface area (Å²) in [5, 5.41) is 13.2. The smallest absolute Gasteiger partial charge is 0.247 e. The molecule has 0 bridgehead atoms. The Kier molecular flexibility index (Phi) is 9.19. The van der Waals surface area contributed by atoms with Gasteiger partial charge in [0.15, 0.2) is 5.11 Å². The van der Waals surface area contributed by atoms with Gasteiger partial charge in [-0.15, -0.1) is 10.2 Å². The average Bonchev–Trinajstić information content (AvgIpc) is 3.15. The van der Waals surface area contributed by atoms with E-state index in [4.69, 9.17) is 28.2 Å². The zero-order chi connectivity index (χ0) is 20.5. The molecule has 2 rings (SSSR count). The number of rotatable bonds is 10. The maximum atomic E-state index is 5.94. The number of nitrogens with zero attached hydrogens (tertiary/aromatic N) is 3. The van der Waals surface area contributed by atoms with E-state index < -0.39 is 0 Å². The summed E-state index contributed by atoms with van der Waals surface area (Å²) in [7, 11) is 0.